The standard InChI is InChI=1S/C17H17ClN2S2/c1-12-9-13(2)20-17(16(12)10-19)22-8-7-21-11-14-3-5-15(18)6-4-14/h3-6,9H,7-8,11H2,1-2H3. The Kier molecular flexibility index (Phi) is 6.63. The summed E-state index contributed by atoms with van der Waals surface area (Å²) in [5.41, 5.74) is 3.96. The number of thioether (sulfide) groups is 2. The van der Waals surface area contributed by atoms with Gasteiger partial charge in [0.25, 0.3) is 0 Å². The van der Waals surface area contributed by atoms with Crippen molar-refractivity contribution in [3.05, 3.63) is 57.7 Å². The van der Waals surface area contributed by atoms with Crippen molar-refractivity contribution in [2.75, 3.05) is 11.5 Å². The second-order valence-electron chi connectivity index (χ2n) is 4.90. The van der Waals surface area contributed by atoms with Crippen LogP contribution in [0.3, 0.4) is 0 Å². The molecule has 0 aliphatic rings. The van der Waals surface area contributed by atoms with Gasteiger partial charge in [-0.1, -0.05) is 23.7 Å². The van der Waals surface area contributed by atoms with Crippen molar-refractivity contribution in [1.29, 1.82) is 5.26 Å². The number of aromatic nitrogens is 1. The van der Waals surface area contributed by atoms with E-state index in [4.69, 9.17) is 11.6 Å². The summed E-state index contributed by atoms with van der Waals surface area (Å²) in [6, 6.07) is 12.2. The van der Waals surface area contributed by atoms with Gasteiger partial charge in [-0.05, 0) is 43.2 Å². The van der Waals surface area contributed by atoms with Crippen molar-refractivity contribution in [1.82, 2.24) is 4.98 Å². The zero-order valence-corrected chi connectivity index (χ0v) is 15.0. The minimum absolute atomic E-state index is 0.707. The van der Waals surface area contributed by atoms with Crippen LogP contribution in [0.25, 0.3) is 0 Å². The molecule has 0 amide bonds. The van der Waals surface area contributed by atoms with Gasteiger partial charge in [-0.2, -0.15) is 17.0 Å². The zero-order valence-electron chi connectivity index (χ0n) is 12.6. The third kappa shape index (κ3) is 4.95. The maximum atomic E-state index is 9.24. The van der Waals surface area contributed by atoms with Crippen molar-refractivity contribution in [2.24, 2.45) is 0 Å². The Morgan fingerprint density at radius 2 is 1.91 bits per heavy atom. The van der Waals surface area contributed by atoms with E-state index in [0.29, 0.717) is 5.56 Å². The number of rotatable bonds is 6. The van der Waals surface area contributed by atoms with Crippen LogP contribution in [0.5, 0.6) is 0 Å². The van der Waals surface area contributed by atoms with Gasteiger partial charge in [0.05, 0.1) is 5.56 Å². The van der Waals surface area contributed by atoms with Crippen LogP contribution in [0.15, 0.2) is 35.4 Å². The fourth-order valence-corrected chi connectivity index (χ4v) is 4.27. The van der Waals surface area contributed by atoms with Crippen LogP contribution < -0.4 is 0 Å². The lowest BCUT2D eigenvalue weighted by Crippen LogP contribution is -1.96. The van der Waals surface area contributed by atoms with E-state index in [-0.39, 0.29) is 0 Å². The molecule has 0 bridgehead atoms. The smallest absolute Gasteiger partial charge is 0.114 e. The molecule has 2 rings (SSSR count). The maximum Gasteiger partial charge on any atom is 0.114 e. The number of nitriles is 1. The van der Waals surface area contributed by atoms with Gasteiger partial charge in [-0.15, -0.1) is 11.8 Å². The highest BCUT2D eigenvalue weighted by atomic mass is 35.5. The van der Waals surface area contributed by atoms with Crippen LogP contribution in [0.4, 0.5) is 0 Å². The van der Waals surface area contributed by atoms with Crippen LogP contribution in [0.2, 0.25) is 5.02 Å². The molecule has 5 heteroatoms. The number of hydrogen-bond donors (Lipinski definition) is 0. The largest absolute Gasteiger partial charge is 0.245 e. The molecule has 22 heavy (non-hydrogen) atoms. The number of hydrogen-bond acceptors (Lipinski definition) is 4. The third-order valence-electron chi connectivity index (χ3n) is 3.07. The van der Waals surface area contributed by atoms with E-state index in [1.807, 2.05) is 43.8 Å². The summed E-state index contributed by atoms with van der Waals surface area (Å²) in [6.07, 6.45) is 0. The lowest BCUT2D eigenvalue weighted by atomic mass is 10.1. The molecule has 0 fully saturated rings. The van der Waals surface area contributed by atoms with Gasteiger partial charge in [0, 0.05) is 28.0 Å². The zero-order chi connectivity index (χ0) is 15.9. The monoisotopic (exact) mass is 348 g/mol. The third-order valence-corrected chi connectivity index (χ3v) is 5.59. The Morgan fingerprint density at radius 3 is 2.59 bits per heavy atom. The van der Waals surface area contributed by atoms with Crippen LogP contribution in [0.1, 0.15) is 22.4 Å². The lowest BCUT2D eigenvalue weighted by molar-refractivity contribution is 1.03. The molecule has 0 saturated heterocycles. The molecular weight excluding hydrogens is 332 g/mol. The van der Waals surface area contributed by atoms with Crippen LogP contribution in [-0.2, 0) is 5.75 Å². The highest BCUT2D eigenvalue weighted by Crippen LogP contribution is 2.25. The predicted molar refractivity (Wildman–Crippen MR) is 96.8 cm³/mol. The Labute approximate surface area is 145 Å². The molecule has 2 nitrogen and oxygen atoms in total. The molecular formula is C17H17ClN2S2. The number of aryl methyl sites for hydroxylation is 2. The van der Waals surface area contributed by atoms with Crippen LogP contribution in [0, 0.1) is 25.2 Å². The second kappa shape index (κ2) is 8.47. The first-order valence-corrected chi connectivity index (χ1v) is 9.45. The molecule has 0 spiro atoms. The molecule has 114 valence electrons. The van der Waals surface area contributed by atoms with E-state index >= 15 is 0 Å². The lowest BCUT2D eigenvalue weighted by Gasteiger charge is -2.07. The number of pyridine rings is 1. The Balaban J connectivity index is 1.82. The van der Waals surface area contributed by atoms with Gasteiger partial charge in [0.15, 0.2) is 0 Å². The summed E-state index contributed by atoms with van der Waals surface area (Å²) in [7, 11) is 0. The minimum Gasteiger partial charge on any atom is -0.245 e. The fourth-order valence-electron chi connectivity index (χ4n) is 2.01. The van der Waals surface area contributed by atoms with Crippen molar-refractivity contribution >= 4 is 35.1 Å². The Morgan fingerprint density at radius 1 is 1.18 bits per heavy atom. The van der Waals surface area contributed by atoms with Crippen molar-refractivity contribution in [3.63, 3.8) is 0 Å². The summed E-state index contributed by atoms with van der Waals surface area (Å²) in [6.45, 7) is 3.93. The van der Waals surface area contributed by atoms with E-state index in [2.05, 4.69) is 23.2 Å². The molecule has 0 N–H and O–H groups in total. The first kappa shape index (κ1) is 17.2. The molecule has 0 atom stereocenters. The van der Waals surface area contributed by atoms with E-state index in [1.54, 1.807) is 11.8 Å². The van der Waals surface area contributed by atoms with Crippen molar-refractivity contribution in [2.45, 2.75) is 24.6 Å². The van der Waals surface area contributed by atoms with Gasteiger partial charge >= 0.3 is 0 Å². The van der Waals surface area contributed by atoms with E-state index in [9.17, 15) is 5.26 Å². The van der Waals surface area contributed by atoms with Crippen LogP contribution in [-0.4, -0.2) is 16.5 Å². The van der Waals surface area contributed by atoms with Crippen molar-refractivity contribution < 1.29 is 0 Å². The quantitative estimate of drug-likeness (QED) is 0.527. The molecule has 2 aromatic rings. The molecule has 1 aromatic heterocycles. The average Bonchev–Trinajstić information content (AvgIpc) is 2.48. The average molecular weight is 349 g/mol. The van der Waals surface area contributed by atoms with Gasteiger partial charge < -0.3 is 0 Å². The second-order valence-corrected chi connectivity index (χ2v) is 7.53. The minimum atomic E-state index is 0.707. The Hall–Kier alpha value is -1.15. The van der Waals surface area contributed by atoms with Gasteiger partial charge in [0.1, 0.15) is 11.1 Å². The fraction of sp³-hybridized carbons (Fsp3) is 0.294. The van der Waals surface area contributed by atoms with E-state index in [1.165, 1.54) is 5.56 Å². The van der Waals surface area contributed by atoms with E-state index < -0.39 is 0 Å². The molecule has 1 aromatic carbocycles. The SMILES string of the molecule is Cc1cc(C)c(C#N)c(SCCSCc2ccc(Cl)cc2)n1. The summed E-state index contributed by atoms with van der Waals surface area (Å²) in [4.78, 5) is 4.49. The molecule has 0 aliphatic carbocycles. The first-order valence-electron chi connectivity index (χ1n) is 6.93. The molecule has 0 aliphatic heterocycles. The van der Waals surface area contributed by atoms with E-state index in [0.717, 1.165) is 38.6 Å². The number of nitrogens with zero attached hydrogens (tertiary/aromatic N) is 2. The molecule has 0 saturated carbocycles. The summed E-state index contributed by atoms with van der Waals surface area (Å²) in [5, 5.41) is 10.9. The van der Waals surface area contributed by atoms with Gasteiger partial charge in [-0.25, -0.2) is 4.98 Å². The normalized spacial score (nSPS) is 10.5. The summed E-state index contributed by atoms with van der Waals surface area (Å²) >= 11 is 9.41. The predicted octanol–water partition coefficient (Wildman–Crippen LogP) is 5.25. The summed E-state index contributed by atoms with van der Waals surface area (Å²) in [5.74, 6) is 2.94. The molecule has 1 heterocycles. The highest BCUT2D eigenvalue weighted by molar-refractivity contribution is 8.02. The van der Waals surface area contributed by atoms with Gasteiger partial charge in [-0.3, -0.25) is 0 Å². The topological polar surface area (TPSA) is 36.7 Å². The maximum absolute atomic E-state index is 9.24. The highest BCUT2D eigenvalue weighted by Gasteiger charge is 2.08. The van der Waals surface area contributed by atoms with Crippen LogP contribution >= 0.6 is 35.1 Å². The summed E-state index contributed by atoms with van der Waals surface area (Å²) < 4.78 is 0. The van der Waals surface area contributed by atoms with Crippen molar-refractivity contribution in [3.8, 4) is 6.07 Å². The first-order chi connectivity index (χ1) is 10.6. The Bertz CT molecular complexity index is 678. The van der Waals surface area contributed by atoms with Gasteiger partial charge in [0.2, 0.25) is 0 Å². The molecule has 0 unspecified atom stereocenters. The molecule has 0 radical (unpaired) electrons. The number of benzene rings is 1. The number of halogens is 1.